The van der Waals surface area contributed by atoms with Crippen LogP contribution in [0.5, 0.6) is 0 Å². The van der Waals surface area contributed by atoms with E-state index in [0.717, 1.165) is 19.3 Å². The second kappa shape index (κ2) is 5.15. The fourth-order valence-corrected chi connectivity index (χ4v) is 3.80. The topological polar surface area (TPSA) is 17.1 Å². The van der Waals surface area contributed by atoms with Gasteiger partial charge in [0.15, 0.2) is 0 Å². The maximum Gasteiger partial charge on any atom is 0.134 e. The third-order valence-corrected chi connectivity index (χ3v) is 4.72. The van der Waals surface area contributed by atoms with Crippen molar-refractivity contribution in [3.05, 3.63) is 42.5 Å². The molecule has 0 N–H and O–H groups in total. The molecule has 0 aliphatic heterocycles. The summed E-state index contributed by atoms with van der Waals surface area (Å²) in [6, 6.07) is 15.0. The van der Waals surface area contributed by atoms with Gasteiger partial charge in [-0.3, -0.25) is 4.79 Å². The molecule has 1 saturated carbocycles. The molecule has 0 spiro atoms. The highest BCUT2D eigenvalue weighted by Crippen LogP contribution is 2.33. The second-order valence-corrected chi connectivity index (χ2v) is 6.26. The molecule has 92 valence electrons. The average Bonchev–Trinajstić information content (AvgIpc) is 2.39. The van der Waals surface area contributed by atoms with Crippen LogP contribution < -0.4 is 0 Å². The molecule has 1 unspecified atom stereocenters. The van der Waals surface area contributed by atoms with E-state index in [1.54, 1.807) is 0 Å². The van der Waals surface area contributed by atoms with Gasteiger partial charge in [0.25, 0.3) is 0 Å². The number of rotatable bonds is 2. The van der Waals surface area contributed by atoms with Gasteiger partial charge in [0.1, 0.15) is 5.78 Å². The van der Waals surface area contributed by atoms with Crippen molar-refractivity contribution in [3.63, 3.8) is 0 Å². The summed E-state index contributed by atoms with van der Waals surface area (Å²) in [7, 11) is 0. The number of benzene rings is 2. The van der Waals surface area contributed by atoms with Crippen molar-refractivity contribution < 1.29 is 4.79 Å². The Morgan fingerprint density at radius 2 is 1.89 bits per heavy atom. The van der Waals surface area contributed by atoms with Crippen LogP contribution in [0.4, 0.5) is 0 Å². The fraction of sp³-hybridized carbons (Fsp3) is 0.312. The Labute approximate surface area is 112 Å². The lowest BCUT2D eigenvalue weighted by molar-refractivity contribution is -0.120. The summed E-state index contributed by atoms with van der Waals surface area (Å²) in [5.41, 5.74) is 0. The minimum atomic E-state index is 0.430. The van der Waals surface area contributed by atoms with Crippen LogP contribution in [0.2, 0.25) is 0 Å². The molecule has 1 atom stereocenters. The Morgan fingerprint density at radius 1 is 1.06 bits per heavy atom. The van der Waals surface area contributed by atoms with Gasteiger partial charge in [-0.05, 0) is 35.7 Å². The van der Waals surface area contributed by atoms with Crippen molar-refractivity contribution in [1.82, 2.24) is 0 Å². The van der Waals surface area contributed by atoms with Crippen molar-refractivity contribution in [2.24, 2.45) is 0 Å². The monoisotopic (exact) mass is 256 g/mol. The third-order valence-electron chi connectivity index (χ3n) is 3.46. The number of hydrogen-bond acceptors (Lipinski definition) is 2. The van der Waals surface area contributed by atoms with Gasteiger partial charge in [-0.15, -0.1) is 11.8 Å². The first-order valence-electron chi connectivity index (χ1n) is 6.48. The zero-order valence-corrected chi connectivity index (χ0v) is 11.1. The van der Waals surface area contributed by atoms with Crippen molar-refractivity contribution in [2.75, 3.05) is 0 Å². The first-order chi connectivity index (χ1) is 8.81. The van der Waals surface area contributed by atoms with Crippen LogP contribution in [0.1, 0.15) is 25.7 Å². The van der Waals surface area contributed by atoms with Gasteiger partial charge in [0.2, 0.25) is 0 Å². The molecule has 1 aliphatic rings. The van der Waals surface area contributed by atoms with E-state index in [4.69, 9.17) is 0 Å². The molecular weight excluding hydrogens is 240 g/mol. The van der Waals surface area contributed by atoms with E-state index in [2.05, 4.69) is 42.5 Å². The number of ketones is 1. The van der Waals surface area contributed by atoms with E-state index >= 15 is 0 Å². The van der Waals surface area contributed by atoms with Gasteiger partial charge >= 0.3 is 0 Å². The Kier molecular flexibility index (Phi) is 3.37. The summed E-state index contributed by atoms with van der Waals surface area (Å²) in [5, 5.41) is 3.04. The van der Waals surface area contributed by atoms with E-state index in [1.807, 2.05) is 11.8 Å². The van der Waals surface area contributed by atoms with Crippen molar-refractivity contribution in [2.45, 2.75) is 35.8 Å². The number of fused-ring (bicyclic) bond motifs is 1. The van der Waals surface area contributed by atoms with Crippen LogP contribution in [0, 0.1) is 0 Å². The first-order valence-corrected chi connectivity index (χ1v) is 7.36. The average molecular weight is 256 g/mol. The fourth-order valence-electron chi connectivity index (χ4n) is 2.52. The Bertz CT molecular complexity index is 576. The van der Waals surface area contributed by atoms with E-state index < -0.39 is 0 Å². The minimum absolute atomic E-state index is 0.430. The maximum atomic E-state index is 11.5. The third kappa shape index (κ3) is 2.59. The highest BCUT2D eigenvalue weighted by Gasteiger charge is 2.20. The molecule has 0 radical (unpaired) electrons. The van der Waals surface area contributed by atoms with Crippen LogP contribution in [0.3, 0.4) is 0 Å². The predicted octanol–water partition coefficient (Wildman–Crippen LogP) is 4.44. The van der Waals surface area contributed by atoms with Gasteiger partial charge in [-0.25, -0.2) is 0 Å². The molecule has 1 fully saturated rings. The molecule has 0 amide bonds. The lowest BCUT2D eigenvalue weighted by Crippen LogP contribution is -2.16. The van der Waals surface area contributed by atoms with E-state index in [9.17, 15) is 4.79 Å². The number of carbonyl (C=O) groups is 1. The number of thioether (sulfide) groups is 1. The number of Topliss-reactive ketones (excluding diaryl/α,β-unsaturated/α-hetero) is 1. The molecular formula is C16H16OS. The number of hydrogen-bond donors (Lipinski definition) is 0. The summed E-state index contributed by atoms with van der Waals surface area (Å²) in [4.78, 5) is 12.7. The highest BCUT2D eigenvalue weighted by molar-refractivity contribution is 8.00. The molecule has 0 aromatic heterocycles. The van der Waals surface area contributed by atoms with E-state index in [1.165, 1.54) is 22.1 Å². The Hall–Kier alpha value is -1.28. The van der Waals surface area contributed by atoms with E-state index in [0.29, 0.717) is 11.0 Å². The molecule has 1 nitrogen and oxygen atoms in total. The summed E-state index contributed by atoms with van der Waals surface area (Å²) >= 11 is 1.86. The zero-order chi connectivity index (χ0) is 12.4. The van der Waals surface area contributed by atoms with Crippen molar-refractivity contribution in [3.8, 4) is 0 Å². The summed E-state index contributed by atoms with van der Waals surface area (Å²) in [6.07, 6.45) is 3.76. The molecule has 2 heteroatoms. The Morgan fingerprint density at radius 3 is 2.72 bits per heavy atom. The van der Waals surface area contributed by atoms with Gasteiger partial charge < -0.3 is 0 Å². The molecule has 0 saturated heterocycles. The number of carbonyl (C=O) groups excluding carboxylic acids is 1. The summed E-state index contributed by atoms with van der Waals surface area (Å²) in [5.74, 6) is 0.430. The molecule has 18 heavy (non-hydrogen) atoms. The molecule has 0 bridgehead atoms. The summed E-state index contributed by atoms with van der Waals surface area (Å²) in [6.45, 7) is 0. The van der Waals surface area contributed by atoms with Crippen molar-refractivity contribution >= 4 is 28.3 Å². The molecule has 2 aromatic carbocycles. The Balaban J connectivity index is 1.79. The smallest absolute Gasteiger partial charge is 0.134 e. The standard InChI is InChI=1S/C16H16OS/c17-14-6-3-7-15(11-14)18-16-9-8-12-4-1-2-5-13(12)10-16/h1-2,4-5,8-10,15H,3,6-7,11H2. The van der Waals surface area contributed by atoms with E-state index in [-0.39, 0.29) is 0 Å². The van der Waals surface area contributed by atoms with Crippen LogP contribution in [-0.4, -0.2) is 11.0 Å². The van der Waals surface area contributed by atoms with Crippen LogP contribution in [-0.2, 0) is 4.79 Å². The predicted molar refractivity (Wildman–Crippen MR) is 77.1 cm³/mol. The SMILES string of the molecule is O=C1CCCC(Sc2ccc3ccccc3c2)C1. The lowest BCUT2D eigenvalue weighted by Gasteiger charge is -2.20. The zero-order valence-electron chi connectivity index (χ0n) is 10.3. The lowest BCUT2D eigenvalue weighted by atomic mass is 9.99. The quantitative estimate of drug-likeness (QED) is 0.790. The van der Waals surface area contributed by atoms with Gasteiger partial charge in [0.05, 0.1) is 0 Å². The largest absolute Gasteiger partial charge is 0.300 e. The molecule has 3 rings (SSSR count). The first kappa shape index (κ1) is 11.8. The molecule has 2 aromatic rings. The summed E-state index contributed by atoms with van der Waals surface area (Å²) < 4.78 is 0. The van der Waals surface area contributed by atoms with Gasteiger partial charge in [-0.1, -0.05) is 30.3 Å². The maximum absolute atomic E-state index is 11.5. The molecule has 1 aliphatic carbocycles. The van der Waals surface area contributed by atoms with Gasteiger partial charge in [-0.2, -0.15) is 0 Å². The highest BCUT2D eigenvalue weighted by atomic mass is 32.2. The molecule has 0 heterocycles. The van der Waals surface area contributed by atoms with Crippen LogP contribution in [0.15, 0.2) is 47.4 Å². The minimum Gasteiger partial charge on any atom is -0.300 e. The van der Waals surface area contributed by atoms with Crippen LogP contribution >= 0.6 is 11.8 Å². The second-order valence-electron chi connectivity index (χ2n) is 4.88. The normalized spacial score (nSPS) is 20.2. The van der Waals surface area contributed by atoms with Gasteiger partial charge in [0, 0.05) is 23.0 Å². The van der Waals surface area contributed by atoms with Crippen molar-refractivity contribution in [1.29, 1.82) is 0 Å². The van der Waals surface area contributed by atoms with Crippen LogP contribution in [0.25, 0.3) is 10.8 Å².